The van der Waals surface area contributed by atoms with Gasteiger partial charge in [-0.3, -0.25) is 4.79 Å². The molecule has 1 aliphatic heterocycles. The van der Waals surface area contributed by atoms with E-state index in [1.165, 1.54) is 5.56 Å². The first-order chi connectivity index (χ1) is 6.36. The van der Waals surface area contributed by atoms with Crippen LogP contribution in [0.3, 0.4) is 0 Å². The molecule has 13 heavy (non-hydrogen) atoms. The van der Waals surface area contributed by atoms with Gasteiger partial charge in [-0.25, -0.2) is 0 Å². The zero-order valence-electron chi connectivity index (χ0n) is 7.62. The molecule has 0 aliphatic carbocycles. The van der Waals surface area contributed by atoms with Crippen molar-refractivity contribution in [1.82, 2.24) is 0 Å². The Morgan fingerprint density at radius 3 is 3.15 bits per heavy atom. The number of carbonyl (C=O) groups excluding carboxylic acids is 1. The molecule has 0 N–H and O–H groups in total. The molecule has 2 nitrogen and oxygen atoms in total. The molecule has 2 rings (SSSR count). The Kier molecular flexibility index (Phi) is 2.15. The lowest BCUT2D eigenvalue weighted by Gasteiger charge is -2.06. The van der Waals surface area contributed by atoms with Crippen LogP contribution in [0.4, 0.5) is 0 Å². The van der Waals surface area contributed by atoms with Gasteiger partial charge in [0.1, 0.15) is 6.29 Å². The molecule has 1 aliphatic rings. The Bertz CT molecular complexity index is 331. The minimum absolute atomic E-state index is 0.190. The van der Waals surface area contributed by atoms with E-state index in [0.717, 1.165) is 23.8 Å². The first kappa shape index (κ1) is 8.45. The van der Waals surface area contributed by atoms with E-state index in [1.54, 1.807) is 0 Å². The highest BCUT2D eigenvalue weighted by Crippen LogP contribution is 2.33. The Balaban J connectivity index is 2.48. The fourth-order valence-electron chi connectivity index (χ4n) is 1.81. The highest BCUT2D eigenvalue weighted by atomic mass is 16.5. The normalized spacial score (nSPS) is 19.9. The summed E-state index contributed by atoms with van der Waals surface area (Å²) in [6.45, 7) is 2.68. The summed E-state index contributed by atoms with van der Waals surface area (Å²) in [6.07, 6.45) is 2.06. The van der Waals surface area contributed by atoms with Gasteiger partial charge in [0.15, 0.2) is 0 Å². The number of rotatable bonds is 2. The summed E-state index contributed by atoms with van der Waals surface area (Å²) in [5.74, 6) is 0. The predicted octanol–water partition coefficient (Wildman–Crippen LogP) is 2.48. The summed E-state index contributed by atoms with van der Waals surface area (Å²) < 4.78 is 5.56. The molecule has 1 aromatic carbocycles. The second kappa shape index (κ2) is 3.30. The number of ether oxygens (including phenoxy) is 1. The van der Waals surface area contributed by atoms with Crippen molar-refractivity contribution in [2.75, 3.05) is 0 Å². The standard InChI is InChI=1S/C11H12O2/c1-2-11-9-5-3-4-8(6-12)10(9)7-13-11/h3-6,11H,2,7H2,1H3. The average molecular weight is 176 g/mol. The van der Waals surface area contributed by atoms with E-state index in [4.69, 9.17) is 4.74 Å². The number of benzene rings is 1. The SMILES string of the molecule is CCC1OCc2c(C=O)cccc21. The van der Waals surface area contributed by atoms with E-state index in [0.29, 0.717) is 6.61 Å². The van der Waals surface area contributed by atoms with Crippen LogP contribution in [-0.4, -0.2) is 6.29 Å². The number of carbonyl (C=O) groups is 1. The molecule has 0 bridgehead atoms. The van der Waals surface area contributed by atoms with Gasteiger partial charge in [-0.1, -0.05) is 25.1 Å². The highest BCUT2D eigenvalue weighted by Gasteiger charge is 2.23. The lowest BCUT2D eigenvalue weighted by Crippen LogP contribution is -1.93. The van der Waals surface area contributed by atoms with Crippen molar-refractivity contribution in [2.45, 2.75) is 26.1 Å². The predicted molar refractivity (Wildman–Crippen MR) is 49.7 cm³/mol. The smallest absolute Gasteiger partial charge is 0.150 e. The number of hydrogen-bond donors (Lipinski definition) is 0. The molecular formula is C11H12O2. The maximum Gasteiger partial charge on any atom is 0.150 e. The lowest BCUT2D eigenvalue weighted by molar-refractivity contribution is 0.0634. The molecule has 0 aromatic heterocycles. The summed E-state index contributed by atoms with van der Waals surface area (Å²) in [7, 11) is 0. The summed E-state index contributed by atoms with van der Waals surface area (Å²) in [4.78, 5) is 10.7. The quantitative estimate of drug-likeness (QED) is 0.647. The average Bonchev–Trinajstić information content (AvgIpc) is 2.60. The minimum Gasteiger partial charge on any atom is -0.369 e. The Morgan fingerprint density at radius 1 is 1.62 bits per heavy atom. The van der Waals surface area contributed by atoms with Gasteiger partial charge >= 0.3 is 0 Å². The summed E-state index contributed by atoms with van der Waals surface area (Å²) in [5, 5.41) is 0. The lowest BCUT2D eigenvalue weighted by atomic mass is 10.00. The summed E-state index contributed by atoms with van der Waals surface area (Å²) >= 11 is 0. The maximum atomic E-state index is 10.7. The topological polar surface area (TPSA) is 26.3 Å². The van der Waals surface area contributed by atoms with Gasteiger partial charge in [0.2, 0.25) is 0 Å². The van der Waals surface area contributed by atoms with Crippen molar-refractivity contribution in [3.05, 3.63) is 34.9 Å². The monoisotopic (exact) mass is 176 g/mol. The van der Waals surface area contributed by atoms with Gasteiger partial charge < -0.3 is 4.74 Å². The molecule has 0 saturated carbocycles. The van der Waals surface area contributed by atoms with Crippen LogP contribution in [0.1, 0.15) is 40.9 Å². The molecule has 0 radical (unpaired) electrons. The van der Waals surface area contributed by atoms with Crippen molar-refractivity contribution in [3.8, 4) is 0 Å². The van der Waals surface area contributed by atoms with Crippen LogP contribution in [0.25, 0.3) is 0 Å². The van der Waals surface area contributed by atoms with Gasteiger partial charge in [0, 0.05) is 5.56 Å². The fraction of sp³-hybridized carbons (Fsp3) is 0.364. The Labute approximate surface area is 77.5 Å². The molecule has 1 unspecified atom stereocenters. The van der Waals surface area contributed by atoms with E-state index in [2.05, 4.69) is 6.92 Å². The zero-order valence-corrected chi connectivity index (χ0v) is 7.62. The second-order valence-electron chi connectivity index (χ2n) is 3.24. The first-order valence-corrected chi connectivity index (χ1v) is 4.55. The molecular weight excluding hydrogens is 164 g/mol. The molecule has 0 amide bonds. The van der Waals surface area contributed by atoms with Gasteiger partial charge in [-0.15, -0.1) is 0 Å². The summed E-state index contributed by atoms with van der Waals surface area (Å²) in [5.41, 5.74) is 3.03. The fourth-order valence-corrected chi connectivity index (χ4v) is 1.81. The van der Waals surface area contributed by atoms with Gasteiger partial charge in [0.05, 0.1) is 12.7 Å². The van der Waals surface area contributed by atoms with Gasteiger partial charge in [-0.05, 0) is 17.5 Å². The number of fused-ring (bicyclic) bond motifs is 1. The van der Waals surface area contributed by atoms with E-state index in [9.17, 15) is 4.79 Å². The van der Waals surface area contributed by atoms with Gasteiger partial charge in [-0.2, -0.15) is 0 Å². The highest BCUT2D eigenvalue weighted by molar-refractivity contribution is 5.78. The van der Waals surface area contributed by atoms with Crippen LogP contribution in [0.15, 0.2) is 18.2 Å². The van der Waals surface area contributed by atoms with Crippen LogP contribution in [0.2, 0.25) is 0 Å². The van der Waals surface area contributed by atoms with Crippen LogP contribution in [0.5, 0.6) is 0 Å². The van der Waals surface area contributed by atoms with E-state index >= 15 is 0 Å². The van der Waals surface area contributed by atoms with Crippen molar-refractivity contribution in [2.24, 2.45) is 0 Å². The molecule has 0 spiro atoms. The number of aldehydes is 1. The molecule has 0 fully saturated rings. The molecule has 2 heteroatoms. The zero-order chi connectivity index (χ0) is 9.26. The van der Waals surface area contributed by atoms with Crippen molar-refractivity contribution in [3.63, 3.8) is 0 Å². The third-order valence-electron chi connectivity index (χ3n) is 2.52. The minimum atomic E-state index is 0.190. The maximum absolute atomic E-state index is 10.7. The second-order valence-corrected chi connectivity index (χ2v) is 3.24. The van der Waals surface area contributed by atoms with Gasteiger partial charge in [0.25, 0.3) is 0 Å². The largest absolute Gasteiger partial charge is 0.369 e. The van der Waals surface area contributed by atoms with Crippen molar-refractivity contribution < 1.29 is 9.53 Å². The molecule has 1 aromatic rings. The van der Waals surface area contributed by atoms with E-state index < -0.39 is 0 Å². The third kappa shape index (κ3) is 1.27. The van der Waals surface area contributed by atoms with Crippen molar-refractivity contribution >= 4 is 6.29 Å². The molecule has 1 atom stereocenters. The van der Waals surface area contributed by atoms with Crippen LogP contribution in [-0.2, 0) is 11.3 Å². The van der Waals surface area contributed by atoms with E-state index in [1.807, 2.05) is 18.2 Å². The van der Waals surface area contributed by atoms with Crippen LogP contribution < -0.4 is 0 Å². The number of hydrogen-bond acceptors (Lipinski definition) is 2. The Hall–Kier alpha value is -1.15. The molecule has 1 heterocycles. The van der Waals surface area contributed by atoms with Crippen molar-refractivity contribution in [1.29, 1.82) is 0 Å². The van der Waals surface area contributed by atoms with Crippen LogP contribution >= 0.6 is 0 Å². The molecule has 68 valence electrons. The third-order valence-corrected chi connectivity index (χ3v) is 2.52. The Morgan fingerprint density at radius 2 is 2.46 bits per heavy atom. The first-order valence-electron chi connectivity index (χ1n) is 4.55. The summed E-state index contributed by atoms with van der Waals surface area (Å²) in [6, 6.07) is 5.80. The van der Waals surface area contributed by atoms with E-state index in [-0.39, 0.29) is 6.10 Å². The molecule has 0 saturated heterocycles. The van der Waals surface area contributed by atoms with Crippen LogP contribution in [0, 0.1) is 0 Å².